The van der Waals surface area contributed by atoms with E-state index in [9.17, 15) is 27.2 Å². The summed E-state index contributed by atoms with van der Waals surface area (Å²) in [6.07, 6.45) is -2.08. The topological polar surface area (TPSA) is 70.2 Å². The maximum atomic E-state index is 14.7. The molecule has 182 valence electrons. The number of hydrogen-bond acceptors (Lipinski definition) is 3. The molecule has 9 heteroatoms. The van der Waals surface area contributed by atoms with Crippen LogP contribution in [0, 0.1) is 5.82 Å². The van der Waals surface area contributed by atoms with Gasteiger partial charge in [0.05, 0.1) is 11.0 Å². The van der Waals surface area contributed by atoms with E-state index in [0.29, 0.717) is 25.5 Å². The molecule has 0 radical (unpaired) electrons. The zero-order valence-electron chi connectivity index (χ0n) is 18.6. The standard InChI is InChI=1S/C25H27F4N3O2/c26-20-14-17(25(27,28)29)8-9-19(20)24(10-11-24)23(34)32-21(13-16-5-2-1-3-6-16)22(33)31-18-7-4-12-30-15-18/h1-3,5-6,8-9,14,18,21,30H,4,7,10-13,15H2,(H,31,33)(H,32,34)/t18-,21+/m1/s1. The predicted molar refractivity (Wildman–Crippen MR) is 118 cm³/mol. The average Bonchev–Trinajstić information content (AvgIpc) is 3.61. The lowest BCUT2D eigenvalue weighted by molar-refractivity contribution is -0.137. The van der Waals surface area contributed by atoms with Gasteiger partial charge in [0.2, 0.25) is 11.8 Å². The van der Waals surface area contributed by atoms with Crippen molar-refractivity contribution in [1.29, 1.82) is 0 Å². The fraction of sp³-hybridized carbons (Fsp3) is 0.440. The molecule has 0 bridgehead atoms. The summed E-state index contributed by atoms with van der Waals surface area (Å²) in [5.74, 6) is -1.96. The van der Waals surface area contributed by atoms with E-state index in [0.717, 1.165) is 37.1 Å². The number of rotatable bonds is 7. The van der Waals surface area contributed by atoms with Gasteiger partial charge in [0.25, 0.3) is 0 Å². The van der Waals surface area contributed by atoms with E-state index in [1.54, 1.807) is 0 Å². The summed E-state index contributed by atoms with van der Waals surface area (Å²) in [6, 6.07) is 10.5. The Hall–Kier alpha value is -2.94. The Morgan fingerprint density at radius 1 is 1.12 bits per heavy atom. The second kappa shape index (κ2) is 9.74. The Balaban J connectivity index is 1.53. The fourth-order valence-electron chi connectivity index (χ4n) is 4.46. The van der Waals surface area contributed by atoms with E-state index in [2.05, 4.69) is 16.0 Å². The van der Waals surface area contributed by atoms with Gasteiger partial charge in [0.15, 0.2) is 0 Å². The van der Waals surface area contributed by atoms with Crippen LogP contribution < -0.4 is 16.0 Å². The third kappa shape index (κ3) is 5.41. The van der Waals surface area contributed by atoms with Crippen molar-refractivity contribution in [2.24, 2.45) is 0 Å². The molecule has 1 saturated carbocycles. The van der Waals surface area contributed by atoms with Crippen LogP contribution >= 0.6 is 0 Å². The van der Waals surface area contributed by atoms with Crippen LogP contribution in [0.3, 0.4) is 0 Å². The maximum Gasteiger partial charge on any atom is 0.416 e. The number of nitrogens with one attached hydrogen (secondary N) is 3. The van der Waals surface area contributed by atoms with Crippen molar-refractivity contribution < 1.29 is 27.2 Å². The molecule has 2 fully saturated rings. The summed E-state index contributed by atoms with van der Waals surface area (Å²) in [5.41, 5.74) is -1.61. The van der Waals surface area contributed by atoms with Crippen LogP contribution in [-0.2, 0) is 27.6 Å². The van der Waals surface area contributed by atoms with Crippen LogP contribution in [0.25, 0.3) is 0 Å². The molecule has 0 aromatic heterocycles. The highest BCUT2D eigenvalue weighted by Gasteiger charge is 2.53. The molecule has 34 heavy (non-hydrogen) atoms. The summed E-state index contributed by atoms with van der Waals surface area (Å²) in [5, 5.41) is 8.97. The number of carbonyl (C=O) groups is 2. The fourth-order valence-corrected chi connectivity index (χ4v) is 4.46. The molecule has 5 nitrogen and oxygen atoms in total. The Morgan fingerprint density at radius 2 is 1.85 bits per heavy atom. The van der Waals surface area contributed by atoms with Crippen molar-refractivity contribution in [1.82, 2.24) is 16.0 Å². The molecule has 1 aliphatic heterocycles. The SMILES string of the molecule is O=C(N[C@@H]1CCCNC1)[C@H](Cc1ccccc1)NC(=O)C1(c2ccc(C(F)(F)F)cc2F)CC1. The molecule has 0 spiro atoms. The van der Waals surface area contributed by atoms with Gasteiger partial charge in [-0.3, -0.25) is 9.59 Å². The Morgan fingerprint density at radius 3 is 2.44 bits per heavy atom. The van der Waals surface area contributed by atoms with Gasteiger partial charge >= 0.3 is 6.18 Å². The lowest BCUT2D eigenvalue weighted by atomic mass is 9.92. The number of carbonyl (C=O) groups excluding carboxylic acids is 2. The molecule has 3 N–H and O–H groups in total. The molecule has 2 amide bonds. The highest BCUT2D eigenvalue weighted by molar-refractivity contribution is 5.95. The molecular formula is C25H27F4N3O2. The van der Waals surface area contributed by atoms with Gasteiger partial charge in [0.1, 0.15) is 11.9 Å². The van der Waals surface area contributed by atoms with Crippen molar-refractivity contribution >= 4 is 11.8 Å². The van der Waals surface area contributed by atoms with E-state index in [4.69, 9.17) is 0 Å². The molecule has 2 atom stereocenters. The third-order valence-corrected chi connectivity index (χ3v) is 6.54. The third-order valence-electron chi connectivity index (χ3n) is 6.54. The van der Waals surface area contributed by atoms with Crippen LogP contribution in [0.1, 0.15) is 42.4 Å². The number of benzene rings is 2. The zero-order chi connectivity index (χ0) is 24.3. The number of alkyl halides is 3. The van der Waals surface area contributed by atoms with Gasteiger partial charge in [-0.2, -0.15) is 13.2 Å². The highest BCUT2D eigenvalue weighted by atomic mass is 19.4. The predicted octanol–water partition coefficient (Wildman–Crippen LogP) is 3.47. The average molecular weight is 478 g/mol. The van der Waals surface area contributed by atoms with Crippen LogP contribution in [0.5, 0.6) is 0 Å². The molecule has 2 aromatic carbocycles. The first-order valence-corrected chi connectivity index (χ1v) is 11.4. The first-order chi connectivity index (χ1) is 16.2. The van der Waals surface area contributed by atoms with E-state index < -0.39 is 34.9 Å². The Kier molecular flexibility index (Phi) is 6.93. The van der Waals surface area contributed by atoms with E-state index in [1.165, 1.54) is 0 Å². The lowest BCUT2D eigenvalue weighted by Crippen LogP contribution is -2.55. The molecule has 2 aromatic rings. The molecule has 1 heterocycles. The normalized spacial score (nSPS) is 20.3. The minimum atomic E-state index is -4.68. The summed E-state index contributed by atoms with van der Waals surface area (Å²) >= 11 is 0. The van der Waals surface area contributed by atoms with Gasteiger partial charge in [-0.1, -0.05) is 36.4 Å². The Labute approximate surface area is 195 Å². The van der Waals surface area contributed by atoms with E-state index in [1.807, 2.05) is 30.3 Å². The maximum absolute atomic E-state index is 14.7. The van der Waals surface area contributed by atoms with Crippen molar-refractivity contribution in [3.05, 3.63) is 71.0 Å². The van der Waals surface area contributed by atoms with Crippen molar-refractivity contribution in [3.63, 3.8) is 0 Å². The first kappa shape index (κ1) is 24.2. The molecule has 1 saturated heterocycles. The molecule has 4 rings (SSSR count). The molecule has 1 aliphatic carbocycles. The second-order valence-corrected chi connectivity index (χ2v) is 9.04. The summed E-state index contributed by atoms with van der Waals surface area (Å²) < 4.78 is 53.5. The minimum Gasteiger partial charge on any atom is -0.350 e. The van der Waals surface area contributed by atoms with Crippen molar-refractivity contribution in [2.75, 3.05) is 13.1 Å². The molecular weight excluding hydrogens is 450 g/mol. The van der Waals surface area contributed by atoms with Crippen LogP contribution in [-0.4, -0.2) is 37.0 Å². The largest absolute Gasteiger partial charge is 0.416 e. The van der Waals surface area contributed by atoms with Gasteiger partial charge in [-0.25, -0.2) is 4.39 Å². The van der Waals surface area contributed by atoms with Crippen LogP contribution in [0.4, 0.5) is 17.6 Å². The molecule has 2 aliphatic rings. The van der Waals surface area contributed by atoms with Crippen molar-refractivity contribution in [3.8, 4) is 0 Å². The highest BCUT2D eigenvalue weighted by Crippen LogP contribution is 2.50. The zero-order valence-corrected chi connectivity index (χ0v) is 18.6. The van der Waals surface area contributed by atoms with Gasteiger partial charge < -0.3 is 16.0 Å². The smallest absolute Gasteiger partial charge is 0.350 e. The summed E-state index contributed by atoms with van der Waals surface area (Å²) in [4.78, 5) is 26.4. The summed E-state index contributed by atoms with van der Waals surface area (Å²) in [7, 11) is 0. The van der Waals surface area contributed by atoms with Gasteiger partial charge in [0, 0.05) is 24.6 Å². The monoisotopic (exact) mass is 477 g/mol. The number of hydrogen-bond donors (Lipinski definition) is 3. The first-order valence-electron chi connectivity index (χ1n) is 11.4. The van der Waals surface area contributed by atoms with Crippen molar-refractivity contribution in [2.45, 2.75) is 55.8 Å². The second-order valence-electron chi connectivity index (χ2n) is 9.04. The Bertz CT molecular complexity index is 1030. The number of amides is 2. The molecule has 0 unspecified atom stereocenters. The van der Waals surface area contributed by atoms with E-state index >= 15 is 0 Å². The van der Waals surface area contributed by atoms with Crippen LogP contribution in [0.15, 0.2) is 48.5 Å². The lowest BCUT2D eigenvalue weighted by Gasteiger charge is -2.28. The summed E-state index contributed by atoms with van der Waals surface area (Å²) in [6.45, 7) is 1.52. The van der Waals surface area contributed by atoms with Crippen LogP contribution in [0.2, 0.25) is 0 Å². The number of halogens is 4. The van der Waals surface area contributed by atoms with Gasteiger partial charge in [-0.05, 0) is 49.9 Å². The minimum absolute atomic E-state index is 0.0568. The quantitative estimate of drug-likeness (QED) is 0.535. The van der Waals surface area contributed by atoms with E-state index in [-0.39, 0.29) is 23.9 Å². The van der Waals surface area contributed by atoms with Gasteiger partial charge in [-0.15, -0.1) is 0 Å². The number of piperidine rings is 1.